The number of nitrogens with one attached hydrogen (secondary N) is 1. The number of sulfonamides is 1. The summed E-state index contributed by atoms with van der Waals surface area (Å²) in [6.45, 7) is 5.76. The summed E-state index contributed by atoms with van der Waals surface area (Å²) < 4.78 is 27.8. The number of thiophene rings is 1. The molecule has 0 spiro atoms. The highest BCUT2D eigenvalue weighted by atomic mass is 35.5. The number of nitrogens with zero attached hydrogens (tertiary/aromatic N) is 1. The maximum absolute atomic E-state index is 12.5. The molecule has 0 aliphatic heterocycles. The summed E-state index contributed by atoms with van der Waals surface area (Å²) in [6, 6.07) is 9.61. The first-order chi connectivity index (χ1) is 11.5. The SMILES string of the molecule is CN(Cc1ccc(Cl)s1)C(=O)c1ccc(S(=O)(=O)NC(C)(C)C)cc1. The van der Waals surface area contributed by atoms with Crippen molar-refractivity contribution in [3.63, 3.8) is 0 Å². The molecule has 1 aromatic carbocycles. The summed E-state index contributed by atoms with van der Waals surface area (Å²) in [6.07, 6.45) is 0. The van der Waals surface area contributed by atoms with Crippen molar-refractivity contribution in [3.8, 4) is 0 Å². The lowest BCUT2D eigenvalue weighted by Crippen LogP contribution is -2.40. The van der Waals surface area contributed by atoms with Gasteiger partial charge in [-0.05, 0) is 57.2 Å². The third-order valence-electron chi connectivity index (χ3n) is 3.22. The Morgan fingerprint density at radius 1 is 1.16 bits per heavy atom. The zero-order valence-corrected chi connectivity index (χ0v) is 16.9. The van der Waals surface area contributed by atoms with Crippen LogP contribution in [0.3, 0.4) is 0 Å². The molecule has 1 N–H and O–H groups in total. The van der Waals surface area contributed by atoms with Crippen molar-refractivity contribution in [1.82, 2.24) is 9.62 Å². The van der Waals surface area contributed by atoms with Crippen molar-refractivity contribution in [2.24, 2.45) is 0 Å². The molecule has 0 saturated carbocycles. The van der Waals surface area contributed by atoms with Gasteiger partial charge < -0.3 is 4.90 Å². The van der Waals surface area contributed by atoms with Crippen LogP contribution in [0.5, 0.6) is 0 Å². The smallest absolute Gasteiger partial charge is 0.253 e. The quantitative estimate of drug-likeness (QED) is 0.831. The van der Waals surface area contributed by atoms with E-state index in [9.17, 15) is 13.2 Å². The van der Waals surface area contributed by atoms with Gasteiger partial charge in [0, 0.05) is 23.0 Å². The van der Waals surface area contributed by atoms with Crippen LogP contribution in [0.1, 0.15) is 36.0 Å². The highest BCUT2D eigenvalue weighted by Gasteiger charge is 2.22. The van der Waals surface area contributed by atoms with E-state index in [0.29, 0.717) is 16.4 Å². The third kappa shape index (κ3) is 5.54. The molecule has 1 amide bonds. The van der Waals surface area contributed by atoms with Crippen LogP contribution in [0.15, 0.2) is 41.3 Å². The molecule has 0 radical (unpaired) electrons. The second kappa shape index (κ2) is 7.45. The Hall–Kier alpha value is -1.41. The molecule has 8 heteroatoms. The number of halogens is 1. The Bertz CT molecular complexity index is 853. The predicted molar refractivity (Wildman–Crippen MR) is 102 cm³/mol. The van der Waals surface area contributed by atoms with Crippen LogP contribution in [0.2, 0.25) is 4.34 Å². The minimum Gasteiger partial charge on any atom is -0.337 e. The number of rotatable bonds is 5. The van der Waals surface area contributed by atoms with E-state index in [1.165, 1.54) is 35.6 Å². The monoisotopic (exact) mass is 400 g/mol. The average molecular weight is 401 g/mol. The molecular formula is C17H21ClN2O3S2. The number of hydrogen-bond donors (Lipinski definition) is 1. The number of hydrogen-bond acceptors (Lipinski definition) is 4. The van der Waals surface area contributed by atoms with Crippen molar-refractivity contribution in [2.75, 3.05) is 7.05 Å². The fraction of sp³-hybridized carbons (Fsp3) is 0.353. The van der Waals surface area contributed by atoms with E-state index in [-0.39, 0.29) is 10.8 Å². The Balaban J connectivity index is 2.12. The third-order valence-corrected chi connectivity index (χ3v) is 6.21. The molecule has 0 aliphatic carbocycles. The van der Waals surface area contributed by atoms with Gasteiger partial charge in [-0.1, -0.05) is 11.6 Å². The summed E-state index contributed by atoms with van der Waals surface area (Å²) in [5.74, 6) is -0.183. The molecule has 0 unspecified atom stereocenters. The molecular weight excluding hydrogens is 380 g/mol. The molecule has 0 bridgehead atoms. The summed E-state index contributed by atoms with van der Waals surface area (Å²) in [4.78, 5) is 15.2. The van der Waals surface area contributed by atoms with Crippen LogP contribution in [0, 0.1) is 0 Å². The van der Waals surface area contributed by atoms with E-state index in [1.54, 1.807) is 38.8 Å². The van der Waals surface area contributed by atoms with E-state index >= 15 is 0 Å². The Kier molecular flexibility index (Phi) is 5.93. The molecule has 0 aliphatic rings. The Morgan fingerprint density at radius 3 is 2.24 bits per heavy atom. The highest BCUT2D eigenvalue weighted by molar-refractivity contribution is 7.89. The minimum atomic E-state index is -3.61. The van der Waals surface area contributed by atoms with Crippen LogP contribution < -0.4 is 4.72 Å². The molecule has 0 atom stereocenters. The van der Waals surface area contributed by atoms with Gasteiger partial charge in [0.15, 0.2) is 0 Å². The lowest BCUT2D eigenvalue weighted by atomic mass is 10.1. The normalized spacial score (nSPS) is 12.2. The molecule has 0 fully saturated rings. The highest BCUT2D eigenvalue weighted by Crippen LogP contribution is 2.23. The first kappa shape index (κ1) is 19.9. The van der Waals surface area contributed by atoms with Crippen LogP contribution in [0.25, 0.3) is 0 Å². The van der Waals surface area contributed by atoms with Crippen LogP contribution in [-0.2, 0) is 16.6 Å². The van der Waals surface area contributed by atoms with Gasteiger partial charge >= 0.3 is 0 Å². The van der Waals surface area contributed by atoms with Crippen LogP contribution in [-0.4, -0.2) is 31.8 Å². The van der Waals surface area contributed by atoms with E-state index in [2.05, 4.69) is 4.72 Å². The summed E-state index contributed by atoms with van der Waals surface area (Å²) in [5.41, 5.74) is -0.143. The molecule has 25 heavy (non-hydrogen) atoms. The maximum Gasteiger partial charge on any atom is 0.253 e. The average Bonchev–Trinajstić information content (AvgIpc) is 2.89. The predicted octanol–water partition coefficient (Wildman–Crippen LogP) is 3.75. The zero-order chi connectivity index (χ0) is 18.8. The maximum atomic E-state index is 12.5. The van der Waals surface area contributed by atoms with E-state index in [4.69, 9.17) is 11.6 Å². The number of benzene rings is 1. The second-order valence-electron chi connectivity index (χ2n) is 6.75. The standard InChI is InChI=1S/C17H21ClN2O3S2/c1-17(2,3)19-25(22,23)14-8-5-12(6-9-14)16(21)20(4)11-13-7-10-15(18)24-13/h5-10,19H,11H2,1-4H3. The lowest BCUT2D eigenvalue weighted by Gasteiger charge is -2.20. The Labute approximate surface area is 157 Å². The van der Waals surface area contributed by atoms with Gasteiger partial charge in [0.1, 0.15) is 0 Å². The summed E-state index contributed by atoms with van der Waals surface area (Å²) in [5, 5.41) is 0. The molecule has 2 rings (SSSR count). The van der Waals surface area contributed by atoms with E-state index in [0.717, 1.165) is 4.88 Å². The van der Waals surface area contributed by atoms with Crippen molar-refractivity contribution >= 4 is 38.9 Å². The molecule has 1 heterocycles. The molecule has 2 aromatic rings. The van der Waals surface area contributed by atoms with Crippen molar-refractivity contribution < 1.29 is 13.2 Å². The van der Waals surface area contributed by atoms with Crippen LogP contribution >= 0.6 is 22.9 Å². The lowest BCUT2D eigenvalue weighted by molar-refractivity contribution is 0.0786. The topological polar surface area (TPSA) is 66.5 Å². The number of carbonyl (C=O) groups excluding carboxylic acids is 1. The fourth-order valence-electron chi connectivity index (χ4n) is 2.20. The Morgan fingerprint density at radius 2 is 1.76 bits per heavy atom. The molecule has 5 nitrogen and oxygen atoms in total. The minimum absolute atomic E-state index is 0.131. The van der Waals surface area contributed by atoms with Crippen molar-refractivity contribution in [3.05, 3.63) is 51.2 Å². The number of carbonyl (C=O) groups is 1. The molecule has 1 aromatic heterocycles. The van der Waals surface area contributed by atoms with Crippen molar-refractivity contribution in [1.29, 1.82) is 0 Å². The van der Waals surface area contributed by atoms with Gasteiger partial charge in [0.2, 0.25) is 10.0 Å². The second-order valence-corrected chi connectivity index (χ2v) is 10.2. The summed E-state index contributed by atoms with van der Waals surface area (Å²) >= 11 is 7.32. The van der Waals surface area contributed by atoms with Gasteiger partial charge in [-0.15, -0.1) is 11.3 Å². The molecule has 136 valence electrons. The zero-order valence-electron chi connectivity index (χ0n) is 14.5. The van der Waals surface area contributed by atoms with Crippen LogP contribution in [0.4, 0.5) is 0 Å². The van der Waals surface area contributed by atoms with Gasteiger partial charge in [-0.2, -0.15) is 0 Å². The van der Waals surface area contributed by atoms with E-state index in [1.807, 2.05) is 6.07 Å². The van der Waals surface area contributed by atoms with Gasteiger partial charge in [-0.3, -0.25) is 4.79 Å². The van der Waals surface area contributed by atoms with Gasteiger partial charge in [-0.25, -0.2) is 13.1 Å². The largest absolute Gasteiger partial charge is 0.337 e. The fourth-order valence-corrected chi connectivity index (χ4v) is 4.76. The van der Waals surface area contributed by atoms with E-state index < -0.39 is 15.6 Å². The van der Waals surface area contributed by atoms with Gasteiger partial charge in [0.05, 0.1) is 15.8 Å². The van der Waals surface area contributed by atoms with Crippen molar-refractivity contribution in [2.45, 2.75) is 37.8 Å². The number of amides is 1. The van der Waals surface area contributed by atoms with Gasteiger partial charge in [0.25, 0.3) is 5.91 Å². The molecule has 0 saturated heterocycles. The first-order valence-corrected chi connectivity index (χ1v) is 10.3. The summed E-state index contributed by atoms with van der Waals surface area (Å²) in [7, 11) is -1.92. The first-order valence-electron chi connectivity index (χ1n) is 7.62.